The standard InChI is InChI=1S/C11H9ClFN3O2S/c1-5-4-16-10(18-5)15-19-11(16)14-8-3-9(17)6(12)2-7(8)13/h2-3,5,17H,4H2,1H3. The zero-order valence-electron chi connectivity index (χ0n) is 9.80. The van der Waals surface area contributed by atoms with E-state index >= 15 is 0 Å². The van der Waals surface area contributed by atoms with Gasteiger partial charge in [0.1, 0.15) is 17.5 Å². The average Bonchev–Trinajstić information content (AvgIpc) is 2.87. The van der Waals surface area contributed by atoms with Crippen LogP contribution >= 0.6 is 23.1 Å². The van der Waals surface area contributed by atoms with Gasteiger partial charge in [-0.3, -0.25) is 4.57 Å². The summed E-state index contributed by atoms with van der Waals surface area (Å²) in [6, 6.07) is 2.69. The lowest BCUT2D eigenvalue weighted by molar-refractivity contribution is 0.247. The first-order chi connectivity index (χ1) is 9.04. The van der Waals surface area contributed by atoms with E-state index in [-0.39, 0.29) is 22.6 Å². The quantitative estimate of drug-likeness (QED) is 0.880. The number of ether oxygens (including phenoxy) is 1. The Morgan fingerprint density at radius 3 is 3.21 bits per heavy atom. The Morgan fingerprint density at radius 1 is 1.63 bits per heavy atom. The van der Waals surface area contributed by atoms with Crippen molar-refractivity contribution in [2.45, 2.75) is 19.6 Å². The number of benzene rings is 1. The number of nitrogens with zero attached hydrogens (tertiary/aromatic N) is 3. The van der Waals surface area contributed by atoms with Crippen LogP contribution in [0.4, 0.5) is 10.1 Å². The van der Waals surface area contributed by atoms with E-state index in [1.807, 2.05) is 6.92 Å². The Labute approximate surface area is 116 Å². The molecule has 1 N–H and O–H groups in total. The Kier molecular flexibility index (Phi) is 2.94. The number of aromatic nitrogens is 2. The first-order valence-electron chi connectivity index (χ1n) is 5.50. The molecule has 0 amide bonds. The highest BCUT2D eigenvalue weighted by Crippen LogP contribution is 2.30. The molecule has 0 bridgehead atoms. The van der Waals surface area contributed by atoms with Crippen molar-refractivity contribution in [3.8, 4) is 11.8 Å². The number of phenolic OH excluding ortho intramolecular Hbond substituents is 1. The fourth-order valence-electron chi connectivity index (χ4n) is 1.77. The molecule has 0 saturated carbocycles. The van der Waals surface area contributed by atoms with E-state index in [1.54, 1.807) is 4.57 Å². The molecule has 1 unspecified atom stereocenters. The Hall–Kier alpha value is -1.60. The van der Waals surface area contributed by atoms with Gasteiger partial charge in [0.2, 0.25) is 4.80 Å². The summed E-state index contributed by atoms with van der Waals surface area (Å²) in [6.07, 6.45) is 0.0216. The zero-order chi connectivity index (χ0) is 13.6. The maximum absolute atomic E-state index is 13.7. The lowest BCUT2D eigenvalue weighted by Gasteiger charge is -2.00. The molecular formula is C11H9ClFN3O2S. The van der Waals surface area contributed by atoms with Crippen molar-refractivity contribution in [3.05, 3.63) is 27.8 Å². The molecule has 1 atom stereocenters. The highest BCUT2D eigenvalue weighted by molar-refractivity contribution is 7.02. The fraction of sp³-hybridized carbons (Fsp3) is 0.273. The summed E-state index contributed by atoms with van der Waals surface area (Å²) in [7, 11) is 0. The first kappa shape index (κ1) is 12.4. The third-order valence-electron chi connectivity index (χ3n) is 2.65. The van der Waals surface area contributed by atoms with Crippen LogP contribution in [0.15, 0.2) is 17.1 Å². The van der Waals surface area contributed by atoms with Gasteiger partial charge in [-0.15, -0.1) is 4.37 Å². The van der Waals surface area contributed by atoms with E-state index in [4.69, 9.17) is 16.3 Å². The van der Waals surface area contributed by atoms with Gasteiger partial charge in [-0.05, 0) is 13.0 Å². The molecule has 1 aromatic carbocycles. The van der Waals surface area contributed by atoms with Gasteiger partial charge in [0, 0.05) is 17.6 Å². The van der Waals surface area contributed by atoms with Gasteiger partial charge in [0.15, 0.2) is 5.82 Å². The van der Waals surface area contributed by atoms with Crippen molar-refractivity contribution in [3.63, 3.8) is 0 Å². The number of fused-ring (bicyclic) bond motifs is 1. The molecule has 1 aliphatic rings. The van der Waals surface area contributed by atoms with Crippen LogP contribution in [0.3, 0.4) is 0 Å². The zero-order valence-corrected chi connectivity index (χ0v) is 11.4. The maximum Gasteiger partial charge on any atom is 0.310 e. The van der Waals surface area contributed by atoms with Crippen molar-refractivity contribution >= 4 is 28.8 Å². The lowest BCUT2D eigenvalue weighted by Crippen LogP contribution is -2.15. The number of halogens is 2. The van der Waals surface area contributed by atoms with Crippen LogP contribution in [0, 0.1) is 5.82 Å². The summed E-state index contributed by atoms with van der Waals surface area (Å²) in [5.41, 5.74) is 0.0143. The summed E-state index contributed by atoms with van der Waals surface area (Å²) in [4.78, 5) is 4.67. The summed E-state index contributed by atoms with van der Waals surface area (Å²) in [6.45, 7) is 2.53. The van der Waals surface area contributed by atoms with E-state index in [9.17, 15) is 9.50 Å². The van der Waals surface area contributed by atoms with Crippen molar-refractivity contribution in [1.29, 1.82) is 0 Å². The predicted molar refractivity (Wildman–Crippen MR) is 68.5 cm³/mol. The minimum absolute atomic E-state index is 0.0143. The fourth-order valence-corrected chi connectivity index (χ4v) is 2.61. The summed E-state index contributed by atoms with van der Waals surface area (Å²) in [5, 5.41) is 9.44. The van der Waals surface area contributed by atoms with E-state index in [1.165, 1.54) is 6.07 Å². The maximum atomic E-state index is 13.7. The topological polar surface area (TPSA) is 59.6 Å². The first-order valence-corrected chi connectivity index (χ1v) is 6.65. The molecule has 8 heteroatoms. The van der Waals surface area contributed by atoms with Gasteiger partial charge in [0.25, 0.3) is 0 Å². The monoisotopic (exact) mass is 301 g/mol. The molecule has 2 heterocycles. The van der Waals surface area contributed by atoms with Crippen LogP contribution in [-0.2, 0) is 6.54 Å². The third kappa shape index (κ3) is 2.19. The van der Waals surface area contributed by atoms with Gasteiger partial charge in [0.05, 0.1) is 11.6 Å². The van der Waals surface area contributed by atoms with Gasteiger partial charge in [-0.25, -0.2) is 9.38 Å². The normalized spacial score (nSPS) is 18.5. The molecule has 2 aromatic rings. The lowest BCUT2D eigenvalue weighted by atomic mass is 10.3. The second-order valence-corrected chi connectivity index (χ2v) is 5.29. The Bertz CT molecular complexity index is 712. The van der Waals surface area contributed by atoms with E-state index < -0.39 is 5.82 Å². The van der Waals surface area contributed by atoms with E-state index in [0.29, 0.717) is 17.4 Å². The van der Waals surface area contributed by atoms with Crippen LogP contribution in [0.1, 0.15) is 6.92 Å². The molecule has 0 saturated heterocycles. The van der Waals surface area contributed by atoms with Crippen molar-refractivity contribution < 1.29 is 14.2 Å². The van der Waals surface area contributed by atoms with Gasteiger partial charge >= 0.3 is 6.01 Å². The van der Waals surface area contributed by atoms with E-state index in [0.717, 1.165) is 17.6 Å². The largest absolute Gasteiger partial charge is 0.506 e. The van der Waals surface area contributed by atoms with Crippen molar-refractivity contribution in [1.82, 2.24) is 8.94 Å². The molecule has 0 spiro atoms. The highest BCUT2D eigenvalue weighted by atomic mass is 35.5. The highest BCUT2D eigenvalue weighted by Gasteiger charge is 2.22. The summed E-state index contributed by atoms with van der Waals surface area (Å²) < 4.78 is 25.0. The SMILES string of the molecule is CC1Cn2c(nsc2=Nc2cc(O)c(Cl)cc2F)O1. The number of rotatable bonds is 1. The van der Waals surface area contributed by atoms with Crippen molar-refractivity contribution in [2.24, 2.45) is 4.99 Å². The Morgan fingerprint density at radius 2 is 2.42 bits per heavy atom. The summed E-state index contributed by atoms with van der Waals surface area (Å²) >= 11 is 6.72. The van der Waals surface area contributed by atoms with Crippen LogP contribution in [-0.4, -0.2) is 20.2 Å². The second kappa shape index (κ2) is 4.50. The minimum Gasteiger partial charge on any atom is -0.506 e. The minimum atomic E-state index is -0.600. The molecule has 0 fully saturated rings. The number of phenols is 1. The molecular weight excluding hydrogens is 293 g/mol. The molecule has 0 radical (unpaired) electrons. The smallest absolute Gasteiger partial charge is 0.310 e. The molecule has 19 heavy (non-hydrogen) atoms. The van der Waals surface area contributed by atoms with Crippen LogP contribution in [0.5, 0.6) is 11.8 Å². The van der Waals surface area contributed by atoms with Crippen LogP contribution in [0.2, 0.25) is 5.02 Å². The summed E-state index contributed by atoms with van der Waals surface area (Å²) in [5.74, 6) is -0.810. The number of hydrogen-bond acceptors (Lipinski definition) is 5. The Balaban J connectivity index is 2.10. The van der Waals surface area contributed by atoms with Gasteiger partial charge in [-0.2, -0.15) is 0 Å². The molecule has 0 aliphatic carbocycles. The second-order valence-electron chi connectivity index (χ2n) is 4.15. The van der Waals surface area contributed by atoms with Crippen LogP contribution < -0.4 is 9.54 Å². The molecule has 1 aliphatic heterocycles. The molecule has 3 rings (SSSR count). The molecule has 1 aromatic heterocycles. The van der Waals surface area contributed by atoms with Crippen molar-refractivity contribution in [2.75, 3.05) is 0 Å². The number of hydrogen-bond donors (Lipinski definition) is 1. The third-order valence-corrected chi connectivity index (χ3v) is 3.67. The predicted octanol–water partition coefficient (Wildman–Crippen LogP) is 2.46. The van der Waals surface area contributed by atoms with Crippen LogP contribution in [0.25, 0.3) is 0 Å². The van der Waals surface area contributed by atoms with Gasteiger partial charge in [-0.1, -0.05) is 11.6 Å². The van der Waals surface area contributed by atoms with Gasteiger partial charge < -0.3 is 9.84 Å². The molecule has 5 nitrogen and oxygen atoms in total. The van der Waals surface area contributed by atoms with E-state index in [2.05, 4.69) is 9.37 Å². The number of aromatic hydroxyl groups is 1. The molecule has 100 valence electrons. The average molecular weight is 302 g/mol.